The largest absolute Gasteiger partial charge is 0.461 e. The van der Waals surface area contributed by atoms with Crippen molar-refractivity contribution < 1.29 is 19.1 Å². The zero-order chi connectivity index (χ0) is 20.1. The first kappa shape index (κ1) is 19.2. The Kier molecular flexibility index (Phi) is 5.92. The molecule has 0 fully saturated rings. The summed E-state index contributed by atoms with van der Waals surface area (Å²) < 4.78 is 14.4. The maximum absolute atomic E-state index is 12.3. The summed E-state index contributed by atoms with van der Waals surface area (Å²) in [5, 5.41) is 3.72. The van der Waals surface area contributed by atoms with Crippen molar-refractivity contribution in [3.8, 4) is 11.4 Å². The molecule has 4 aromatic heterocycles. The lowest BCUT2D eigenvalue weighted by molar-refractivity contribution is 0.0402. The van der Waals surface area contributed by atoms with Crippen molar-refractivity contribution >= 4 is 34.6 Å². The van der Waals surface area contributed by atoms with Gasteiger partial charge < -0.3 is 18.6 Å². The second kappa shape index (κ2) is 8.93. The van der Waals surface area contributed by atoms with Gasteiger partial charge in [0.15, 0.2) is 0 Å². The van der Waals surface area contributed by atoms with Gasteiger partial charge in [0.25, 0.3) is 0 Å². The van der Waals surface area contributed by atoms with Gasteiger partial charge in [0, 0.05) is 31.2 Å². The van der Waals surface area contributed by atoms with Crippen LogP contribution in [-0.4, -0.2) is 34.3 Å². The number of aromatic nitrogens is 2. The first-order chi connectivity index (χ1) is 14.2. The molecule has 4 heterocycles. The molecule has 0 spiro atoms. The lowest BCUT2D eigenvalue weighted by Crippen LogP contribution is -2.12. The van der Waals surface area contributed by atoms with Crippen molar-refractivity contribution in [3.63, 3.8) is 0 Å². The number of hydrogen-bond donors (Lipinski definition) is 0. The van der Waals surface area contributed by atoms with E-state index in [1.54, 1.807) is 0 Å². The van der Waals surface area contributed by atoms with Crippen LogP contribution in [0.25, 0.3) is 11.4 Å². The molecular weight excluding hydrogens is 408 g/mol. The first-order valence-corrected chi connectivity index (χ1v) is 10.8. The van der Waals surface area contributed by atoms with Crippen LogP contribution in [0.5, 0.6) is 0 Å². The smallest absolute Gasteiger partial charge is 0.350 e. The van der Waals surface area contributed by atoms with E-state index in [1.165, 1.54) is 22.7 Å². The highest BCUT2D eigenvalue weighted by molar-refractivity contribution is 7.12. The normalized spacial score (nSPS) is 10.8. The quantitative estimate of drug-likeness (QED) is 0.300. The second-order valence-corrected chi connectivity index (χ2v) is 7.91. The highest BCUT2D eigenvalue weighted by atomic mass is 32.1. The third-order valence-corrected chi connectivity index (χ3v) is 5.95. The minimum atomic E-state index is -0.372. The fourth-order valence-electron chi connectivity index (χ4n) is 2.83. The third kappa shape index (κ3) is 4.33. The topological polar surface area (TPSA) is 62.5 Å². The molecule has 148 valence electrons. The molecule has 0 amide bonds. The van der Waals surface area contributed by atoms with E-state index in [-0.39, 0.29) is 25.2 Å². The zero-order valence-corrected chi connectivity index (χ0v) is 17.0. The molecule has 0 N–H and O–H groups in total. The summed E-state index contributed by atoms with van der Waals surface area (Å²) in [5.74, 6) is -0.744. The van der Waals surface area contributed by atoms with E-state index in [1.807, 2.05) is 81.1 Å². The van der Waals surface area contributed by atoms with Gasteiger partial charge in [0.05, 0.1) is 24.6 Å². The van der Waals surface area contributed by atoms with Crippen LogP contribution < -0.4 is 0 Å². The van der Waals surface area contributed by atoms with Gasteiger partial charge >= 0.3 is 11.9 Å². The molecule has 0 aromatic carbocycles. The van der Waals surface area contributed by atoms with Gasteiger partial charge in [-0.05, 0) is 47.2 Å². The van der Waals surface area contributed by atoms with Crippen LogP contribution >= 0.6 is 22.7 Å². The molecule has 8 heteroatoms. The molecule has 4 rings (SSSR count). The van der Waals surface area contributed by atoms with Crippen LogP contribution in [0.2, 0.25) is 0 Å². The van der Waals surface area contributed by atoms with Crippen molar-refractivity contribution in [2.75, 3.05) is 13.2 Å². The molecule has 0 aliphatic rings. The maximum atomic E-state index is 12.3. The van der Waals surface area contributed by atoms with Gasteiger partial charge in [0.1, 0.15) is 9.75 Å². The van der Waals surface area contributed by atoms with Crippen LogP contribution in [-0.2, 0) is 9.47 Å². The summed E-state index contributed by atoms with van der Waals surface area (Å²) in [6.07, 6.45) is 7.96. The lowest BCUT2D eigenvalue weighted by Gasteiger charge is -2.08. The second-order valence-electron chi connectivity index (χ2n) is 6.08. The van der Waals surface area contributed by atoms with Crippen molar-refractivity contribution in [1.82, 2.24) is 9.13 Å². The Labute approximate surface area is 175 Å². The van der Waals surface area contributed by atoms with Gasteiger partial charge in [-0.15, -0.1) is 22.7 Å². The number of rotatable bonds is 8. The Balaban J connectivity index is 1.25. The average Bonchev–Trinajstić information content (AvgIpc) is 3.52. The number of carbonyl (C=O) groups is 2. The average molecular weight is 427 g/mol. The summed E-state index contributed by atoms with van der Waals surface area (Å²) in [4.78, 5) is 25.8. The Hall–Kier alpha value is -3.10. The fourth-order valence-corrected chi connectivity index (χ4v) is 4.39. The van der Waals surface area contributed by atoms with Gasteiger partial charge in [-0.3, -0.25) is 0 Å². The molecule has 29 heavy (non-hydrogen) atoms. The lowest BCUT2D eigenvalue weighted by atomic mass is 10.3. The van der Waals surface area contributed by atoms with Crippen LogP contribution in [0.4, 0.5) is 0 Å². The highest BCUT2D eigenvalue weighted by Gasteiger charge is 2.17. The number of esters is 2. The van der Waals surface area contributed by atoms with Crippen molar-refractivity contribution in [1.29, 1.82) is 0 Å². The minimum absolute atomic E-state index is 0.185. The van der Waals surface area contributed by atoms with E-state index in [9.17, 15) is 9.59 Å². The maximum Gasteiger partial charge on any atom is 0.350 e. The SMILES string of the molecule is O=C(OCCCOC(=O)c1sccc1-n1cccc1)c1sccc1-n1cccc1. The van der Waals surface area contributed by atoms with Crippen LogP contribution in [0.3, 0.4) is 0 Å². The van der Waals surface area contributed by atoms with Crippen molar-refractivity contribution in [2.45, 2.75) is 6.42 Å². The molecule has 0 unspecified atom stereocenters. The van der Waals surface area contributed by atoms with E-state index in [2.05, 4.69) is 0 Å². The molecular formula is C21H18N2O4S2. The molecule has 0 aliphatic heterocycles. The molecule has 0 saturated carbocycles. The number of thiophene rings is 2. The Morgan fingerprint density at radius 3 is 1.55 bits per heavy atom. The van der Waals surface area contributed by atoms with E-state index in [4.69, 9.17) is 9.47 Å². The van der Waals surface area contributed by atoms with Crippen LogP contribution in [0, 0.1) is 0 Å². The number of hydrogen-bond acceptors (Lipinski definition) is 6. The molecule has 4 aromatic rings. The predicted molar refractivity (Wildman–Crippen MR) is 112 cm³/mol. The van der Waals surface area contributed by atoms with Crippen LogP contribution in [0.1, 0.15) is 25.8 Å². The number of carbonyl (C=O) groups excluding carboxylic acids is 2. The Bertz CT molecular complexity index is 992. The summed E-state index contributed by atoms with van der Waals surface area (Å²) in [6.45, 7) is 0.369. The Morgan fingerprint density at radius 1 is 0.724 bits per heavy atom. The van der Waals surface area contributed by atoms with Crippen molar-refractivity contribution in [2.24, 2.45) is 0 Å². The van der Waals surface area contributed by atoms with Crippen molar-refractivity contribution in [3.05, 3.63) is 81.7 Å². The van der Waals surface area contributed by atoms with E-state index >= 15 is 0 Å². The van der Waals surface area contributed by atoms with Gasteiger partial charge in [-0.2, -0.15) is 0 Å². The number of ether oxygens (including phenoxy) is 2. The fraction of sp³-hybridized carbons (Fsp3) is 0.143. The van der Waals surface area contributed by atoms with Gasteiger partial charge in [0.2, 0.25) is 0 Å². The highest BCUT2D eigenvalue weighted by Crippen LogP contribution is 2.23. The first-order valence-electron chi connectivity index (χ1n) is 9.00. The molecule has 0 atom stereocenters. The molecule has 0 saturated heterocycles. The summed E-state index contributed by atoms with van der Waals surface area (Å²) >= 11 is 2.68. The standard InChI is InChI=1S/C21H18N2O4S2/c24-20(18-16(6-14-28-18)22-8-1-2-9-22)26-12-5-13-27-21(25)19-17(7-15-29-19)23-10-3-4-11-23/h1-4,6-11,14-15H,5,12-13H2. The van der Waals surface area contributed by atoms with Gasteiger partial charge in [-0.1, -0.05) is 0 Å². The monoisotopic (exact) mass is 426 g/mol. The molecule has 0 bridgehead atoms. The zero-order valence-electron chi connectivity index (χ0n) is 15.4. The van der Waals surface area contributed by atoms with E-state index < -0.39 is 0 Å². The van der Waals surface area contributed by atoms with E-state index in [0.717, 1.165) is 11.4 Å². The Morgan fingerprint density at radius 2 is 1.14 bits per heavy atom. The summed E-state index contributed by atoms with van der Waals surface area (Å²) in [6, 6.07) is 11.4. The van der Waals surface area contributed by atoms with Crippen LogP contribution in [0.15, 0.2) is 71.9 Å². The molecule has 0 aliphatic carbocycles. The number of nitrogens with zero attached hydrogens (tertiary/aromatic N) is 2. The predicted octanol–water partition coefficient (Wildman–Crippen LogP) is 4.79. The molecule has 0 radical (unpaired) electrons. The van der Waals surface area contributed by atoms with E-state index in [0.29, 0.717) is 16.2 Å². The molecule has 6 nitrogen and oxygen atoms in total. The third-order valence-electron chi connectivity index (χ3n) is 4.18. The van der Waals surface area contributed by atoms with Gasteiger partial charge in [-0.25, -0.2) is 9.59 Å². The summed E-state index contributed by atoms with van der Waals surface area (Å²) in [5.41, 5.74) is 1.60. The minimum Gasteiger partial charge on any atom is -0.461 e. The summed E-state index contributed by atoms with van der Waals surface area (Å²) in [7, 11) is 0.